The summed E-state index contributed by atoms with van der Waals surface area (Å²) >= 11 is 2.63. The van der Waals surface area contributed by atoms with Gasteiger partial charge in [-0.2, -0.15) is 0 Å². The Bertz CT molecular complexity index is 784. The van der Waals surface area contributed by atoms with Crippen molar-refractivity contribution in [2.24, 2.45) is 0 Å². The molecule has 0 amide bonds. The van der Waals surface area contributed by atoms with Gasteiger partial charge in [-0.1, -0.05) is 42.1 Å². The van der Waals surface area contributed by atoms with Crippen LogP contribution in [-0.2, 0) is 0 Å². The van der Waals surface area contributed by atoms with E-state index in [9.17, 15) is 4.79 Å². The van der Waals surface area contributed by atoms with E-state index < -0.39 is 5.97 Å². The van der Waals surface area contributed by atoms with Gasteiger partial charge in [0.1, 0.15) is 9.71 Å². The highest BCUT2D eigenvalue weighted by molar-refractivity contribution is 7.98. The van der Waals surface area contributed by atoms with E-state index in [1.165, 1.54) is 23.1 Å². The first-order valence-electron chi connectivity index (χ1n) is 5.83. The van der Waals surface area contributed by atoms with E-state index in [4.69, 9.17) is 5.11 Å². The molecule has 0 aliphatic rings. The molecule has 0 radical (unpaired) electrons. The van der Waals surface area contributed by atoms with Gasteiger partial charge in [-0.25, -0.2) is 14.8 Å². The minimum Gasteiger partial charge on any atom is -0.477 e. The van der Waals surface area contributed by atoms with Crippen molar-refractivity contribution in [3.8, 4) is 11.3 Å². The minimum absolute atomic E-state index is 0.282. The summed E-state index contributed by atoms with van der Waals surface area (Å²) in [5.41, 5.74) is 1.74. The van der Waals surface area contributed by atoms with Gasteiger partial charge < -0.3 is 5.11 Å². The molecule has 0 aliphatic heterocycles. The predicted molar refractivity (Wildman–Crippen MR) is 81.6 cm³/mol. The van der Waals surface area contributed by atoms with Crippen LogP contribution in [0.2, 0.25) is 0 Å². The van der Waals surface area contributed by atoms with Gasteiger partial charge in [0.05, 0.1) is 5.69 Å². The van der Waals surface area contributed by atoms with Crippen molar-refractivity contribution >= 4 is 39.3 Å². The van der Waals surface area contributed by atoms with E-state index >= 15 is 0 Å². The molecule has 100 valence electrons. The van der Waals surface area contributed by atoms with Gasteiger partial charge in [-0.15, -0.1) is 11.3 Å². The normalized spacial score (nSPS) is 10.8. The van der Waals surface area contributed by atoms with Crippen LogP contribution in [0.4, 0.5) is 0 Å². The number of fused-ring (bicyclic) bond motifs is 1. The van der Waals surface area contributed by atoms with Crippen molar-refractivity contribution in [2.45, 2.75) is 5.16 Å². The zero-order valence-corrected chi connectivity index (χ0v) is 12.2. The Balaban J connectivity index is 2.31. The van der Waals surface area contributed by atoms with E-state index in [0.29, 0.717) is 9.99 Å². The summed E-state index contributed by atoms with van der Waals surface area (Å²) in [5, 5.41) is 10.6. The summed E-state index contributed by atoms with van der Waals surface area (Å²) < 4.78 is 0. The standard InChI is InChI=1S/C14H10N2O2S2/c1-19-14-15-11(8-5-3-2-4-6-8)9-7-10(13(17)18)20-12(9)16-14/h2-7H,1H3,(H,17,18). The van der Waals surface area contributed by atoms with E-state index in [1.54, 1.807) is 6.07 Å². The number of benzene rings is 1. The predicted octanol–water partition coefficient (Wildman–Crippen LogP) is 3.78. The fraction of sp³-hybridized carbons (Fsp3) is 0.0714. The lowest BCUT2D eigenvalue weighted by atomic mass is 10.1. The Labute approximate surface area is 123 Å². The molecule has 0 aliphatic carbocycles. The smallest absolute Gasteiger partial charge is 0.345 e. The molecule has 1 N–H and O–H groups in total. The molecule has 0 spiro atoms. The van der Waals surface area contributed by atoms with Gasteiger partial charge in [0.2, 0.25) is 0 Å². The van der Waals surface area contributed by atoms with E-state index in [1.807, 2.05) is 36.6 Å². The topological polar surface area (TPSA) is 63.1 Å². The third kappa shape index (κ3) is 2.28. The molecule has 20 heavy (non-hydrogen) atoms. The molecule has 0 bridgehead atoms. The first kappa shape index (κ1) is 13.1. The molecule has 0 saturated carbocycles. The third-order valence-electron chi connectivity index (χ3n) is 2.81. The highest BCUT2D eigenvalue weighted by Gasteiger charge is 2.15. The molecular formula is C14H10N2O2S2. The van der Waals surface area contributed by atoms with Crippen LogP contribution in [0, 0.1) is 0 Å². The molecule has 3 rings (SSSR count). The van der Waals surface area contributed by atoms with Crippen LogP contribution in [-0.4, -0.2) is 27.3 Å². The average Bonchev–Trinajstić information content (AvgIpc) is 2.91. The summed E-state index contributed by atoms with van der Waals surface area (Å²) in [4.78, 5) is 21.0. The van der Waals surface area contributed by atoms with Crippen LogP contribution >= 0.6 is 23.1 Å². The zero-order valence-electron chi connectivity index (χ0n) is 10.5. The number of carboxylic acid groups (broad SMARTS) is 1. The largest absolute Gasteiger partial charge is 0.477 e. The van der Waals surface area contributed by atoms with E-state index in [-0.39, 0.29) is 4.88 Å². The number of carboxylic acids is 1. The van der Waals surface area contributed by atoms with Gasteiger partial charge in [0.25, 0.3) is 0 Å². The SMILES string of the molecule is CSc1nc(-c2ccccc2)c2cc(C(=O)O)sc2n1. The molecule has 0 unspecified atom stereocenters. The second kappa shape index (κ2) is 5.22. The van der Waals surface area contributed by atoms with E-state index in [0.717, 1.165) is 16.6 Å². The fourth-order valence-corrected chi connectivity index (χ4v) is 3.21. The van der Waals surface area contributed by atoms with Crippen LogP contribution in [0.1, 0.15) is 9.67 Å². The number of hydrogen-bond donors (Lipinski definition) is 1. The number of aromatic nitrogens is 2. The number of hydrogen-bond acceptors (Lipinski definition) is 5. The maximum Gasteiger partial charge on any atom is 0.345 e. The summed E-state index contributed by atoms with van der Waals surface area (Å²) in [5.74, 6) is -0.933. The molecule has 4 nitrogen and oxygen atoms in total. The van der Waals surface area contributed by atoms with E-state index in [2.05, 4.69) is 9.97 Å². The van der Waals surface area contributed by atoms with Crippen LogP contribution in [0.15, 0.2) is 41.6 Å². The summed E-state index contributed by atoms with van der Waals surface area (Å²) in [6.45, 7) is 0. The lowest BCUT2D eigenvalue weighted by molar-refractivity contribution is 0.0702. The Hall–Kier alpha value is -1.92. The number of thioether (sulfide) groups is 1. The molecule has 0 saturated heterocycles. The minimum atomic E-state index is -0.933. The first-order valence-corrected chi connectivity index (χ1v) is 7.87. The summed E-state index contributed by atoms with van der Waals surface area (Å²) in [6, 6.07) is 11.4. The monoisotopic (exact) mass is 302 g/mol. The van der Waals surface area contributed by atoms with Crippen molar-refractivity contribution in [1.29, 1.82) is 0 Å². The Morgan fingerprint density at radius 3 is 2.65 bits per heavy atom. The molecule has 2 aromatic heterocycles. The molecule has 0 fully saturated rings. The Morgan fingerprint density at radius 1 is 1.25 bits per heavy atom. The van der Waals surface area contributed by atoms with Crippen LogP contribution in [0.25, 0.3) is 21.5 Å². The lowest BCUT2D eigenvalue weighted by Gasteiger charge is -2.04. The van der Waals surface area contributed by atoms with Crippen LogP contribution < -0.4 is 0 Å². The number of aromatic carboxylic acids is 1. The van der Waals surface area contributed by atoms with Crippen molar-refractivity contribution in [3.63, 3.8) is 0 Å². The number of rotatable bonds is 3. The lowest BCUT2D eigenvalue weighted by Crippen LogP contribution is -1.91. The highest BCUT2D eigenvalue weighted by atomic mass is 32.2. The van der Waals surface area contributed by atoms with Crippen molar-refractivity contribution in [1.82, 2.24) is 9.97 Å². The zero-order chi connectivity index (χ0) is 14.1. The average molecular weight is 302 g/mol. The Kier molecular flexibility index (Phi) is 3.42. The molecule has 6 heteroatoms. The quantitative estimate of drug-likeness (QED) is 0.589. The molecule has 2 heterocycles. The second-order valence-corrected chi connectivity index (χ2v) is 5.86. The molecule has 0 atom stereocenters. The molecule has 3 aromatic rings. The summed E-state index contributed by atoms with van der Waals surface area (Å²) in [7, 11) is 0. The van der Waals surface area contributed by atoms with Gasteiger partial charge in [0.15, 0.2) is 5.16 Å². The molecular weight excluding hydrogens is 292 g/mol. The van der Waals surface area contributed by atoms with Crippen LogP contribution in [0.3, 0.4) is 0 Å². The van der Waals surface area contributed by atoms with Crippen molar-refractivity contribution in [3.05, 3.63) is 41.3 Å². The molecule has 1 aromatic carbocycles. The van der Waals surface area contributed by atoms with Gasteiger partial charge >= 0.3 is 5.97 Å². The number of carbonyl (C=O) groups is 1. The van der Waals surface area contributed by atoms with Crippen molar-refractivity contribution in [2.75, 3.05) is 6.26 Å². The number of thiophene rings is 1. The maximum atomic E-state index is 11.1. The fourth-order valence-electron chi connectivity index (χ4n) is 1.91. The van der Waals surface area contributed by atoms with Crippen molar-refractivity contribution < 1.29 is 9.90 Å². The van der Waals surface area contributed by atoms with Gasteiger partial charge in [-0.3, -0.25) is 0 Å². The second-order valence-electron chi connectivity index (χ2n) is 4.06. The number of nitrogens with zero attached hydrogens (tertiary/aromatic N) is 2. The highest BCUT2D eigenvalue weighted by Crippen LogP contribution is 2.33. The third-order valence-corrected chi connectivity index (χ3v) is 4.38. The summed E-state index contributed by atoms with van der Waals surface area (Å²) in [6.07, 6.45) is 1.90. The van der Waals surface area contributed by atoms with Gasteiger partial charge in [0, 0.05) is 10.9 Å². The van der Waals surface area contributed by atoms with Gasteiger partial charge in [-0.05, 0) is 12.3 Å². The Morgan fingerprint density at radius 2 is 2.00 bits per heavy atom. The maximum absolute atomic E-state index is 11.1. The van der Waals surface area contributed by atoms with Crippen LogP contribution in [0.5, 0.6) is 0 Å². The first-order chi connectivity index (χ1) is 9.69.